The highest BCUT2D eigenvalue weighted by Gasteiger charge is 2.26. The van der Waals surface area contributed by atoms with Gasteiger partial charge in [0.15, 0.2) is 0 Å². The van der Waals surface area contributed by atoms with Crippen LogP contribution in [0.15, 0.2) is 24.3 Å². The average molecular weight is 223 g/mol. The molecule has 0 saturated carbocycles. The number of benzene rings is 1. The maximum absolute atomic E-state index is 11.1. The largest absolute Gasteiger partial charge is 0.387 e. The highest BCUT2D eigenvalue weighted by molar-refractivity contribution is 5.78. The van der Waals surface area contributed by atoms with Crippen molar-refractivity contribution < 1.29 is 14.8 Å². The zero-order chi connectivity index (χ0) is 12.3. The van der Waals surface area contributed by atoms with E-state index >= 15 is 0 Å². The van der Waals surface area contributed by atoms with Crippen molar-refractivity contribution in [2.75, 3.05) is 0 Å². The van der Waals surface area contributed by atoms with Crippen LogP contribution in [0.4, 0.5) is 5.69 Å². The predicted molar refractivity (Wildman–Crippen MR) is 57.9 cm³/mol. The van der Waals surface area contributed by atoms with Gasteiger partial charge in [0.05, 0.1) is 16.6 Å². The Kier molecular flexibility index (Phi) is 3.73. The van der Waals surface area contributed by atoms with Gasteiger partial charge in [-0.2, -0.15) is 0 Å². The molecule has 1 N–H and O–H groups in total. The van der Waals surface area contributed by atoms with Crippen LogP contribution in [-0.4, -0.2) is 15.8 Å². The summed E-state index contributed by atoms with van der Waals surface area (Å²) in [5, 5.41) is 20.6. The van der Waals surface area contributed by atoms with E-state index in [4.69, 9.17) is 0 Å². The summed E-state index contributed by atoms with van der Waals surface area (Å²) >= 11 is 0. The molecule has 86 valence electrons. The van der Waals surface area contributed by atoms with Gasteiger partial charge in [-0.05, 0) is 13.0 Å². The Labute approximate surface area is 92.9 Å². The number of Topliss-reactive ketones (excluding diaryl/α,β-unsaturated/α-hetero) is 1. The third-order valence-corrected chi connectivity index (χ3v) is 2.57. The smallest absolute Gasteiger partial charge is 0.275 e. The number of ketones is 1. The average Bonchev–Trinajstić information content (AvgIpc) is 2.26. The van der Waals surface area contributed by atoms with Crippen LogP contribution >= 0.6 is 0 Å². The molecule has 0 radical (unpaired) electrons. The Morgan fingerprint density at radius 3 is 2.50 bits per heavy atom. The van der Waals surface area contributed by atoms with E-state index in [9.17, 15) is 20.0 Å². The summed E-state index contributed by atoms with van der Waals surface area (Å²) in [6, 6.07) is 5.89. The molecule has 5 heteroatoms. The quantitative estimate of drug-likeness (QED) is 0.624. The van der Waals surface area contributed by atoms with Gasteiger partial charge in [-0.15, -0.1) is 0 Å². The molecular formula is C11H13NO4. The number of para-hydroxylation sites is 1. The van der Waals surface area contributed by atoms with Crippen LogP contribution < -0.4 is 0 Å². The molecule has 2 atom stereocenters. The third-order valence-electron chi connectivity index (χ3n) is 2.57. The fourth-order valence-corrected chi connectivity index (χ4v) is 1.40. The molecule has 1 aromatic rings. The Balaban J connectivity index is 3.12. The van der Waals surface area contributed by atoms with E-state index < -0.39 is 16.9 Å². The second kappa shape index (κ2) is 4.85. The van der Waals surface area contributed by atoms with Crippen molar-refractivity contribution in [1.29, 1.82) is 0 Å². The first-order valence-electron chi connectivity index (χ1n) is 4.87. The minimum atomic E-state index is -1.14. The zero-order valence-electron chi connectivity index (χ0n) is 9.08. The lowest BCUT2D eigenvalue weighted by molar-refractivity contribution is -0.386. The summed E-state index contributed by atoms with van der Waals surface area (Å²) in [5.41, 5.74) is 0.0123. The minimum absolute atomic E-state index is 0.164. The molecule has 1 aromatic carbocycles. The number of hydrogen-bond donors (Lipinski definition) is 1. The number of nitrogens with zero attached hydrogens (tertiary/aromatic N) is 1. The lowest BCUT2D eigenvalue weighted by Crippen LogP contribution is -2.17. The molecular weight excluding hydrogens is 210 g/mol. The highest BCUT2D eigenvalue weighted by atomic mass is 16.6. The van der Waals surface area contributed by atoms with Crippen LogP contribution in [0.1, 0.15) is 25.5 Å². The van der Waals surface area contributed by atoms with Crippen molar-refractivity contribution in [2.45, 2.75) is 20.0 Å². The van der Waals surface area contributed by atoms with E-state index in [1.165, 1.54) is 25.1 Å². The molecule has 0 amide bonds. The predicted octanol–water partition coefficient (Wildman–Crippen LogP) is 1.85. The van der Waals surface area contributed by atoms with Crippen LogP contribution in [0.2, 0.25) is 0 Å². The lowest BCUT2D eigenvalue weighted by atomic mass is 9.93. The first-order chi connectivity index (χ1) is 7.45. The summed E-state index contributed by atoms with van der Waals surface area (Å²) in [5.74, 6) is -0.855. The van der Waals surface area contributed by atoms with E-state index in [0.717, 1.165) is 0 Å². The van der Waals surface area contributed by atoms with E-state index in [-0.39, 0.29) is 17.0 Å². The Hall–Kier alpha value is -1.75. The molecule has 0 aliphatic carbocycles. The van der Waals surface area contributed by atoms with Crippen molar-refractivity contribution in [3.8, 4) is 0 Å². The second-order valence-corrected chi connectivity index (χ2v) is 3.66. The molecule has 0 aliphatic rings. The van der Waals surface area contributed by atoms with Crippen LogP contribution in [0.3, 0.4) is 0 Å². The van der Waals surface area contributed by atoms with Crippen LogP contribution in [-0.2, 0) is 4.79 Å². The molecule has 0 unspecified atom stereocenters. The number of hydrogen-bond acceptors (Lipinski definition) is 4. The zero-order valence-corrected chi connectivity index (χ0v) is 9.08. The number of nitro groups is 1. The topological polar surface area (TPSA) is 80.4 Å². The van der Waals surface area contributed by atoms with E-state index in [0.29, 0.717) is 0 Å². The summed E-state index contributed by atoms with van der Waals surface area (Å²) in [6.45, 7) is 2.90. The van der Waals surface area contributed by atoms with Crippen LogP contribution in [0.5, 0.6) is 0 Å². The van der Waals surface area contributed by atoms with Crippen molar-refractivity contribution >= 4 is 11.5 Å². The van der Waals surface area contributed by atoms with Gasteiger partial charge >= 0.3 is 0 Å². The van der Waals surface area contributed by atoms with Gasteiger partial charge in [-0.1, -0.05) is 19.1 Å². The van der Waals surface area contributed by atoms with Crippen molar-refractivity contribution in [3.63, 3.8) is 0 Å². The minimum Gasteiger partial charge on any atom is -0.387 e. The number of aliphatic hydroxyl groups is 1. The molecule has 0 saturated heterocycles. The maximum atomic E-state index is 11.1. The standard InChI is InChI=1S/C11H13NO4/c1-7(8(2)13)11(14)9-5-3-4-6-10(9)12(15)16/h3-7,11,14H,1-2H3/t7-,11+/m0/s1. The van der Waals surface area contributed by atoms with Crippen molar-refractivity contribution in [3.05, 3.63) is 39.9 Å². The monoisotopic (exact) mass is 223 g/mol. The van der Waals surface area contributed by atoms with Crippen molar-refractivity contribution in [2.24, 2.45) is 5.92 Å². The normalized spacial score (nSPS) is 14.2. The molecule has 0 fully saturated rings. The molecule has 0 bridgehead atoms. The Morgan fingerprint density at radius 2 is 2.00 bits per heavy atom. The Morgan fingerprint density at radius 1 is 1.44 bits per heavy atom. The number of aliphatic hydroxyl groups excluding tert-OH is 1. The van der Waals surface area contributed by atoms with Gasteiger partial charge in [-0.25, -0.2) is 0 Å². The van der Waals surface area contributed by atoms with Crippen LogP contribution in [0, 0.1) is 16.0 Å². The van der Waals surface area contributed by atoms with Crippen LogP contribution in [0.25, 0.3) is 0 Å². The van der Waals surface area contributed by atoms with Crippen molar-refractivity contribution in [1.82, 2.24) is 0 Å². The Bertz CT molecular complexity index is 416. The SMILES string of the molecule is CC(=O)[C@H](C)[C@@H](O)c1ccccc1[N+](=O)[O-]. The highest BCUT2D eigenvalue weighted by Crippen LogP contribution is 2.29. The summed E-state index contributed by atoms with van der Waals surface area (Å²) in [7, 11) is 0. The van der Waals surface area contributed by atoms with Gasteiger partial charge < -0.3 is 5.11 Å². The van der Waals surface area contributed by atoms with Gasteiger partial charge in [-0.3, -0.25) is 14.9 Å². The number of nitro benzene ring substituents is 1. The molecule has 0 spiro atoms. The van der Waals surface area contributed by atoms with Gasteiger partial charge in [0.2, 0.25) is 0 Å². The molecule has 16 heavy (non-hydrogen) atoms. The molecule has 1 rings (SSSR count). The lowest BCUT2D eigenvalue weighted by Gasteiger charge is -2.16. The summed E-state index contributed by atoms with van der Waals surface area (Å²) in [6.07, 6.45) is -1.14. The summed E-state index contributed by atoms with van der Waals surface area (Å²) in [4.78, 5) is 21.3. The number of rotatable bonds is 4. The second-order valence-electron chi connectivity index (χ2n) is 3.66. The fraction of sp³-hybridized carbons (Fsp3) is 0.364. The first kappa shape index (κ1) is 12.3. The van der Waals surface area contributed by atoms with E-state index in [1.807, 2.05) is 0 Å². The fourth-order valence-electron chi connectivity index (χ4n) is 1.40. The van der Waals surface area contributed by atoms with E-state index in [2.05, 4.69) is 0 Å². The molecule has 5 nitrogen and oxygen atoms in total. The number of carbonyl (C=O) groups excluding carboxylic acids is 1. The van der Waals surface area contributed by atoms with Gasteiger partial charge in [0.1, 0.15) is 5.78 Å². The third kappa shape index (κ3) is 2.43. The van der Waals surface area contributed by atoms with Gasteiger partial charge in [0.25, 0.3) is 5.69 Å². The molecule has 0 heterocycles. The first-order valence-corrected chi connectivity index (χ1v) is 4.87. The summed E-state index contributed by atoms with van der Waals surface area (Å²) < 4.78 is 0. The molecule has 0 aromatic heterocycles. The van der Waals surface area contributed by atoms with Gasteiger partial charge in [0, 0.05) is 12.0 Å². The van der Waals surface area contributed by atoms with E-state index in [1.54, 1.807) is 13.0 Å². The maximum Gasteiger partial charge on any atom is 0.275 e. The number of carbonyl (C=O) groups is 1. The molecule has 0 aliphatic heterocycles.